The molecule has 2 aliphatic heterocycles. The number of rotatable bonds is 4. The lowest BCUT2D eigenvalue weighted by molar-refractivity contribution is 0.170. The minimum absolute atomic E-state index is 0.336. The van der Waals surface area contributed by atoms with Gasteiger partial charge in [0.25, 0.3) is 0 Å². The van der Waals surface area contributed by atoms with Gasteiger partial charge in [0.1, 0.15) is 13.2 Å². The zero-order chi connectivity index (χ0) is 14.8. The van der Waals surface area contributed by atoms with Gasteiger partial charge in [0, 0.05) is 6.04 Å². The van der Waals surface area contributed by atoms with Gasteiger partial charge < -0.3 is 15.2 Å². The molecule has 3 rings (SSSR count). The fourth-order valence-corrected chi connectivity index (χ4v) is 3.77. The summed E-state index contributed by atoms with van der Waals surface area (Å²) in [7, 11) is 0. The maximum absolute atomic E-state index is 6.39. The van der Waals surface area contributed by atoms with Gasteiger partial charge in [-0.3, -0.25) is 4.90 Å². The molecule has 21 heavy (non-hydrogen) atoms. The van der Waals surface area contributed by atoms with E-state index in [2.05, 4.69) is 17.9 Å². The minimum atomic E-state index is 0.336. The Morgan fingerprint density at radius 3 is 2.90 bits per heavy atom. The van der Waals surface area contributed by atoms with Crippen LogP contribution in [0.1, 0.15) is 31.4 Å². The zero-order valence-electron chi connectivity index (χ0n) is 12.5. The summed E-state index contributed by atoms with van der Waals surface area (Å²) < 4.78 is 11.3. The average Bonchev–Trinajstić information content (AvgIpc) is 2.90. The van der Waals surface area contributed by atoms with Crippen LogP contribution in [-0.4, -0.2) is 37.7 Å². The van der Waals surface area contributed by atoms with Crippen LogP contribution in [-0.2, 0) is 0 Å². The maximum atomic E-state index is 6.39. The van der Waals surface area contributed by atoms with Crippen molar-refractivity contribution in [1.29, 1.82) is 0 Å². The van der Waals surface area contributed by atoms with Crippen molar-refractivity contribution in [2.75, 3.05) is 32.8 Å². The van der Waals surface area contributed by atoms with Crippen LogP contribution >= 0.6 is 11.6 Å². The first-order valence-electron chi connectivity index (χ1n) is 7.77. The second-order valence-corrected chi connectivity index (χ2v) is 6.20. The van der Waals surface area contributed by atoms with Crippen molar-refractivity contribution in [3.8, 4) is 11.5 Å². The molecule has 0 spiro atoms. The van der Waals surface area contributed by atoms with Crippen LogP contribution in [0, 0.1) is 5.92 Å². The molecule has 0 saturated carbocycles. The summed E-state index contributed by atoms with van der Waals surface area (Å²) in [6.07, 6.45) is 2.29. The summed E-state index contributed by atoms with van der Waals surface area (Å²) >= 11 is 6.39. The molecule has 2 aliphatic rings. The molecule has 0 bridgehead atoms. The van der Waals surface area contributed by atoms with E-state index in [-0.39, 0.29) is 0 Å². The predicted octanol–water partition coefficient (Wildman–Crippen LogP) is 2.84. The van der Waals surface area contributed by atoms with E-state index in [1.165, 1.54) is 5.56 Å². The lowest BCUT2D eigenvalue weighted by Gasteiger charge is -2.29. The fourth-order valence-electron chi connectivity index (χ4n) is 3.50. The summed E-state index contributed by atoms with van der Waals surface area (Å²) in [5.41, 5.74) is 7.18. The topological polar surface area (TPSA) is 47.7 Å². The molecule has 4 nitrogen and oxygen atoms in total. The van der Waals surface area contributed by atoms with Crippen molar-refractivity contribution in [2.24, 2.45) is 11.7 Å². The Morgan fingerprint density at radius 2 is 2.14 bits per heavy atom. The van der Waals surface area contributed by atoms with Crippen LogP contribution in [0.2, 0.25) is 5.02 Å². The Bertz CT molecular complexity index is 509. The first-order chi connectivity index (χ1) is 10.2. The summed E-state index contributed by atoms with van der Waals surface area (Å²) in [5, 5.41) is 0.640. The molecule has 5 heteroatoms. The van der Waals surface area contributed by atoms with Crippen LogP contribution in [0.3, 0.4) is 0 Å². The maximum Gasteiger partial charge on any atom is 0.179 e. The molecule has 1 fully saturated rings. The molecule has 116 valence electrons. The number of hydrogen-bond acceptors (Lipinski definition) is 4. The van der Waals surface area contributed by atoms with E-state index in [0.717, 1.165) is 31.7 Å². The van der Waals surface area contributed by atoms with Crippen molar-refractivity contribution < 1.29 is 9.47 Å². The van der Waals surface area contributed by atoms with E-state index in [4.69, 9.17) is 26.8 Å². The smallest absolute Gasteiger partial charge is 0.179 e. The molecule has 2 heterocycles. The Morgan fingerprint density at radius 1 is 1.33 bits per heavy atom. The second kappa shape index (κ2) is 6.42. The zero-order valence-corrected chi connectivity index (χ0v) is 13.2. The van der Waals surface area contributed by atoms with Crippen LogP contribution in [0.5, 0.6) is 11.5 Å². The monoisotopic (exact) mass is 310 g/mol. The molecule has 0 aliphatic carbocycles. The van der Waals surface area contributed by atoms with Gasteiger partial charge in [-0.1, -0.05) is 18.5 Å². The Hall–Kier alpha value is -0.970. The number of nitrogens with zero attached hydrogens (tertiary/aromatic N) is 1. The van der Waals surface area contributed by atoms with Crippen LogP contribution in [0.4, 0.5) is 0 Å². The second-order valence-electron chi connectivity index (χ2n) is 5.79. The van der Waals surface area contributed by atoms with Gasteiger partial charge in [-0.15, -0.1) is 0 Å². The van der Waals surface area contributed by atoms with Crippen LogP contribution < -0.4 is 15.2 Å². The summed E-state index contributed by atoms with van der Waals surface area (Å²) in [5.74, 6) is 1.93. The highest BCUT2D eigenvalue weighted by atomic mass is 35.5. The third-order valence-corrected chi connectivity index (χ3v) is 4.68. The standard InChI is InChI=1S/C16H23ClN2O2/c1-2-4-19-5-3-11(10-18)15(19)12-8-13(17)16-14(9-12)20-6-7-21-16/h8-9,11,15H,2-7,10,18H2,1H3. The minimum Gasteiger partial charge on any atom is -0.486 e. The highest BCUT2D eigenvalue weighted by molar-refractivity contribution is 6.32. The van der Waals surface area contributed by atoms with E-state index in [1.807, 2.05) is 6.07 Å². The summed E-state index contributed by atoms with van der Waals surface area (Å²) in [6.45, 7) is 6.25. The fraction of sp³-hybridized carbons (Fsp3) is 0.625. The molecule has 0 aromatic heterocycles. The number of ether oxygens (including phenoxy) is 2. The third kappa shape index (κ3) is 2.85. The molecule has 0 amide bonds. The SMILES string of the molecule is CCCN1CCC(CN)C1c1cc(Cl)c2c(c1)OCCO2. The van der Waals surface area contributed by atoms with Crippen molar-refractivity contribution in [1.82, 2.24) is 4.90 Å². The molecule has 2 N–H and O–H groups in total. The first kappa shape index (κ1) is 14.9. The van der Waals surface area contributed by atoms with E-state index >= 15 is 0 Å². The van der Waals surface area contributed by atoms with Gasteiger partial charge in [0.15, 0.2) is 11.5 Å². The van der Waals surface area contributed by atoms with Crippen molar-refractivity contribution >= 4 is 11.6 Å². The highest BCUT2D eigenvalue weighted by Crippen LogP contribution is 2.44. The largest absolute Gasteiger partial charge is 0.486 e. The molecular formula is C16H23ClN2O2. The molecular weight excluding hydrogens is 288 g/mol. The number of halogens is 1. The summed E-state index contributed by atoms with van der Waals surface area (Å²) in [6, 6.07) is 4.45. The van der Waals surface area contributed by atoms with Crippen molar-refractivity contribution in [2.45, 2.75) is 25.8 Å². The van der Waals surface area contributed by atoms with Gasteiger partial charge in [0.2, 0.25) is 0 Å². The Balaban J connectivity index is 1.95. The Kier molecular flexibility index (Phi) is 4.57. The van der Waals surface area contributed by atoms with Crippen molar-refractivity contribution in [3.63, 3.8) is 0 Å². The molecule has 1 aromatic carbocycles. The molecule has 2 atom stereocenters. The number of hydrogen-bond donors (Lipinski definition) is 1. The van der Waals surface area contributed by atoms with Crippen LogP contribution in [0.25, 0.3) is 0 Å². The van der Waals surface area contributed by atoms with E-state index in [0.29, 0.717) is 42.5 Å². The quantitative estimate of drug-likeness (QED) is 0.929. The van der Waals surface area contributed by atoms with E-state index < -0.39 is 0 Å². The molecule has 1 saturated heterocycles. The lowest BCUT2D eigenvalue weighted by atomic mass is 9.93. The number of likely N-dealkylation sites (tertiary alicyclic amines) is 1. The number of nitrogens with two attached hydrogens (primary N) is 1. The summed E-state index contributed by atoms with van der Waals surface area (Å²) in [4.78, 5) is 2.51. The third-order valence-electron chi connectivity index (χ3n) is 4.40. The van der Waals surface area contributed by atoms with E-state index in [9.17, 15) is 0 Å². The highest BCUT2D eigenvalue weighted by Gasteiger charge is 2.35. The van der Waals surface area contributed by atoms with Gasteiger partial charge >= 0.3 is 0 Å². The van der Waals surface area contributed by atoms with Gasteiger partial charge in [-0.05, 0) is 56.1 Å². The normalized spacial score (nSPS) is 25.3. The molecule has 1 aromatic rings. The van der Waals surface area contributed by atoms with Gasteiger partial charge in [-0.25, -0.2) is 0 Å². The predicted molar refractivity (Wildman–Crippen MR) is 84.2 cm³/mol. The lowest BCUT2D eigenvalue weighted by Crippen LogP contribution is -2.29. The van der Waals surface area contributed by atoms with E-state index in [1.54, 1.807) is 0 Å². The molecule has 0 radical (unpaired) electrons. The van der Waals surface area contributed by atoms with Crippen LogP contribution in [0.15, 0.2) is 12.1 Å². The van der Waals surface area contributed by atoms with Gasteiger partial charge in [-0.2, -0.15) is 0 Å². The van der Waals surface area contributed by atoms with Crippen molar-refractivity contribution in [3.05, 3.63) is 22.7 Å². The first-order valence-corrected chi connectivity index (χ1v) is 8.15. The number of fused-ring (bicyclic) bond motifs is 1. The number of benzene rings is 1. The molecule has 2 unspecified atom stereocenters. The Labute approximate surface area is 131 Å². The average molecular weight is 311 g/mol. The van der Waals surface area contributed by atoms with Gasteiger partial charge in [0.05, 0.1) is 5.02 Å².